The van der Waals surface area contributed by atoms with E-state index in [2.05, 4.69) is 10.6 Å². The second-order valence-electron chi connectivity index (χ2n) is 7.73. The molecule has 0 radical (unpaired) electrons. The molecule has 0 aromatic carbocycles. The normalized spacial score (nSPS) is 18.7. The van der Waals surface area contributed by atoms with Crippen LogP contribution in [0.1, 0.15) is 51.9 Å². The lowest BCUT2D eigenvalue weighted by Gasteiger charge is -2.29. The number of primary amides is 1. The summed E-state index contributed by atoms with van der Waals surface area (Å²) in [6.07, 6.45) is 2.13. The number of unbranched alkanes of at least 4 members (excludes halogenated alkanes) is 1. The summed E-state index contributed by atoms with van der Waals surface area (Å²) in [5, 5.41) is 14.4. The highest BCUT2D eigenvalue weighted by molar-refractivity contribution is 5.94. The van der Waals surface area contributed by atoms with Gasteiger partial charge in [-0.15, -0.1) is 0 Å². The maximum atomic E-state index is 13.1. The van der Waals surface area contributed by atoms with Crippen molar-refractivity contribution < 1.29 is 29.1 Å². The number of likely N-dealkylation sites (tertiary alicyclic amines) is 1. The molecule has 176 valence electrons. The third-order valence-electron chi connectivity index (χ3n) is 5.11. The first-order valence-corrected chi connectivity index (χ1v) is 10.5. The molecule has 4 unspecified atom stereocenters. The van der Waals surface area contributed by atoms with Gasteiger partial charge in [-0.25, -0.2) is 4.79 Å². The van der Waals surface area contributed by atoms with Crippen LogP contribution in [0.4, 0.5) is 0 Å². The van der Waals surface area contributed by atoms with Crippen LogP contribution < -0.4 is 27.8 Å². The summed E-state index contributed by atoms with van der Waals surface area (Å²) >= 11 is 0. The van der Waals surface area contributed by atoms with Crippen LogP contribution >= 0.6 is 0 Å². The van der Waals surface area contributed by atoms with Crippen molar-refractivity contribution in [3.8, 4) is 0 Å². The minimum Gasteiger partial charge on any atom is -0.480 e. The maximum Gasteiger partial charge on any atom is 0.326 e. The summed E-state index contributed by atoms with van der Waals surface area (Å²) in [6, 6.07) is -3.89. The van der Waals surface area contributed by atoms with Crippen LogP contribution in [0.5, 0.6) is 0 Å². The SMILES string of the molecule is CC(N)C(=O)NC(CCC(N)=O)C(=O)N1CCCC1C(=O)NC(CCCCN)C(=O)O. The van der Waals surface area contributed by atoms with Crippen molar-refractivity contribution >= 4 is 29.6 Å². The van der Waals surface area contributed by atoms with Gasteiger partial charge in [0.1, 0.15) is 18.1 Å². The van der Waals surface area contributed by atoms with Gasteiger partial charge < -0.3 is 37.8 Å². The Labute approximate surface area is 181 Å². The number of nitrogens with two attached hydrogens (primary N) is 3. The molecule has 0 saturated carbocycles. The molecule has 31 heavy (non-hydrogen) atoms. The number of nitrogens with zero attached hydrogens (tertiary/aromatic N) is 1. The van der Waals surface area contributed by atoms with Crippen molar-refractivity contribution in [3.05, 3.63) is 0 Å². The van der Waals surface area contributed by atoms with Gasteiger partial charge in [-0.2, -0.15) is 0 Å². The van der Waals surface area contributed by atoms with Crippen LogP contribution in [0.2, 0.25) is 0 Å². The molecule has 0 aliphatic carbocycles. The fraction of sp³-hybridized carbons (Fsp3) is 0.737. The predicted molar refractivity (Wildman–Crippen MR) is 111 cm³/mol. The molecule has 0 aromatic heterocycles. The molecule has 0 spiro atoms. The Kier molecular flexibility index (Phi) is 10.9. The van der Waals surface area contributed by atoms with E-state index in [4.69, 9.17) is 17.2 Å². The van der Waals surface area contributed by atoms with Crippen molar-refractivity contribution in [3.63, 3.8) is 0 Å². The first-order chi connectivity index (χ1) is 14.6. The van der Waals surface area contributed by atoms with E-state index in [1.807, 2.05) is 0 Å². The topological polar surface area (TPSA) is 211 Å². The van der Waals surface area contributed by atoms with E-state index >= 15 is 0 Å². The highest BCUT2D eigenvalue weighted by Crippen LogP contribution is 2.20. The summed E-state index contributed by atoms with van der Waals surface area (Å²) in [6.45, 7) is 2.14. The molecule has 1 heterocycles. The Morgan fingerprint density at radius 1 is 1.10 bits per heavy atom. The first-order valence-electron chi connectivity index (χ1n) is 10.5. The number of carboxylic acids is 1. The van der Waals surface area contributed by atoms with Crippen LogP contribution in [0, 0.1) is 0 Å². The standard InChI is InChI=1S/C19H34N6O6/c1-11(21)16(27)23-12(7-8-15(22)26)18(29)25-10-4-6-14(25)17(28)24-13(19(30)31)5-2-3-9-20/h11-14H,2-10,20-21H2,1H3,(H2,22,26)(H,23,27)(H,24,28)(H,30,31). The highest BCUT2D eigenvalue weighted by atomic mass is 16.4. The number of nitrogens with one attached hydrogen (secondary N) is 2. The number of aliphatic carboxylic acids is 1. The fourth-order valence-corrected chi connectivity index (χ4v) is 3.37. The number of amides is 4. The fourth-order valence-electron chi connectivity index (χ4n) is 3.37. The van der Waals surface area contributed by atoms with E-state index in [-0.39, 0.29) is 25.8 Å². The Hall–Kier alpha value is -2.73. The molecule has 0 bridgehead atoms. The van der Waals surface area contributed by atoms with Crippen LogP contribution in [0.3, 0.4) is 0 Å². The second kappa shape index (κ2) is 12.8. The predicted octanol–water partition coefficient (Wildman–Crippen LogP) is -2.23. The zero-order valence-corrected chi connectivity index (χ0v) is 17.8. The smallest absolute Gasteiger partial charge is 0.326 e. The van der Waals surface area contributed by atoms with E-state index in [0.29, 0.717) is 32.2 Å². The Morgan fingerprint density at radius 2 is 1.77 bits per heavy atom. The second-order valence-corrected chi connectivity index (χ2v) is 7.73. The lowest BCUT2D eigenvalue weighted by Crippen LogP contribution is -2.56. The Balaban J connectivity index is 2.89. The van der Waals surface area contributed by atoms with E-state index in [1.165, 1.54) is 11.8 Å². The number of hydrogen-bond donors (Lipinski definition) is 6. The average Bonchev–Trinajstić information content (AvgIpc) is 3.19. The molecule has 1 rings (SSSR count). The van der Waals surface area contributed by atoms with Crippen LogP contribution in [-0.4, -0.2) is 76.9 Å². The van der Waals surface area contributed by atoms with Crippen molar-refractivity contribution in [2.24, 2.45) is 17.2 Å². The zero-order valence-electron chi connectivity index (χ0n) is 17.8. The van der Waals surface area contributed by atoms with Gasteiger partial charge >= 0.3 is 5.97 Å². The number of carbonyl (C=O) groups excluding carboxylic acids is 4. The third kappa shape index (κ3) is 8.50. The Bertz CT molecular complexity index is 670. The summed E-state index contributed by atoms with van der Waals surface area (Å²) in [4.78, 5) is 61.8. The largest absolute Gasteiger partial charge is 0.480 e. The number of hydrogen-bond acceptors (Lipinski definition) is 7. The van der Waals surface area contributed by atoms with Crippen molar-refractivity contribution in [1.29, 1.82) is 0 Å². The molecule has 1 fully saturated rings. The average molecular weight is 443 g/mol. The molecular weight excluding hydrogens is 408 g/mol. The molecule has 1 aliphatic rings. The summed E-state index contributed by atoms with van der Waals surface area (Å²) in [5.41, 5.74) is 16.1. The van der Waals surface area contributed by atoms with Gasteiger partial charge in [0, 0.05) is 13.0 Å². The summed E-state index contributed by atoms with van der Waals surface area (Å²) in [5.74, 6) is -3.48. The lowest BCUT2D eigenvalue weighted by molar-refractivity contribution is -0.145. The maximum absolute atomic E-state index is 13.1. The molecule has 12 heteroatoms. The molecule has 1 saturated heterocycles. The quantitative estimate of drug-likeness (QED) is 0.171. The molecule has 0 aromatic rings. The molecule has 4 atom stereocenters. The number of rotatable bonds is 13. The van der Waals surface area contributed by atoms with Crippen molar-refractivity contribution in [2.75, 3.05) is 13.1 Å². The van der Waals surface area contributed by atoms with Gasteiger partial charge in [-0.05, 0) is 52.0 Å². The van der Waals surface area contributed by atoms with Gasteiger partial charge in [-0.1, -0.05) is 0 Å². The van der Waals surface area contributed by atoms with Gasteiger partial charge in [0.25, 0.3) is 0 Å². The van der Waals surface area contributed by atoms with E-state index < -0.39 is 53.8 Å². The Morgan fingerprint density at radius 3 is 2.32 bits per heavy atom. The molecule has 9 N–H and O–H groups in total. The van der Waals surface area contributed by atoms with Crippen LogP contribution in [0.15, 0.2) is 0 Å². The summed E-state index contributed by atoms with van der Waals surface area (Å²) < 4.78 is 0. The van der Waals surface area contributed by atoms with Gasteiger partial charge in [0.15, 0.2) is 0 Å². The first kappa shape index (κ1) is 26.3. The van der Waals surface area contributed by atoms with E-state index in [9.17, 15) is 29.1 Å². The van der Waals surface area contributed by atoms with Crippen molar-refractivity contribution in [2.45, 2.75) is 76.0 Å². The van der Waals surface area contributed by atoms with Gasteiger partial charge in [0.2, 0.25) is 23.6 Å². The van der Waals surface area contributed by atoms with Crippen molar-refractivity contribution in [1.82, 2.24) is 15.5 Å². The zero-order chi connectivity index (χ0) is 23.6. The minimum absolute atomic E-state index is 0.0334. The molecule has 12 nitrogen and oxygen atoms in total. The van der Waals surface area contributed by atoms with Gasteiger partial charge in [-0.3, -0.25) is 19.2 Å². The van der Waals surface area contributed by atoms with E-state index in [1.54, 1.807) is 0 Å². The number of carbonyl (C=O) groups is 5. The molecule has 4 amide bonds. The van der Waals surface area contributed by atoms with E-state index in [0.717, 1.165) is 0 Å². The minimum atomic E-state index is -1.16. The monoisotopic (exact) mass is 442 g/mol. The van der Waals surface area contributed by atoms with Gasteiger partial charge in [0.05, 0.1) is 6.04 Å². The summed E-state index contributed by atoms with van der Waals surface area (Å²) in [7, 11) is 0. The third-order valence-corrected chi connectivity index (χ3v) is 5.11. The molecule has 1 aliphatic heterocycles. The lowest BCUT2D eigenvalue weighted by atomic mass is 10.1. The number of carboxylic acid groups (broad SMARTS) is 1. The van der Waals surface area contributed by atoms with Crippen LogP contribution in [0.25, 0.3) is 0 Å². The highest BCUT2D eigenvalue weighted by Gasteiger charge is 2.38. The van der Waals surface area contributed by atoms with Crippen LogP contribution in [-0.2, 0) is 24.0 Å². The molecular formula is C19H34N6O6.